The Labute approximate surface area is 158 Å². The van der Waals surface area contributed by atoms with Gasteiger partial charge in [-0.05, 0) is 48.0 Å². The molecule has 0 aromatic carbocycles. The minimum atomic E-state index is -0.803. The fourth-order valence-electron chi connectivity index (χ4n) is 3.27. The summed E-state index contributed by atoms with van der Waals surface area (Å²) in [6.07, 6.45) is 1.20. The van der Waals surface area contributed by atoms with Crippen LogP contribution in [0.1, 0.15) is 54.0 Å². The first-order valence-corrected chi connectivity index (χ1v) is 9.21. The lowest BCUT2D eigenvalue weighted by atomic mass is 10.2. The van der Waals surface area contributed by atoms with Crippen LogP contribution in [-0.2, 0) is 4.74 Å². The molecular weight excluding hydrogens is 351 g/mol. The van der Waals surface area contributed by atoms with Crippen LogP contribution in [0, 0.1) is 6.08 Å². The van der Waals surface area contributed by atoms with Crippen molar-refractivity contribution >= 4 is 23.1 Å². The van der Waals surface area contributed by atoms with Crippen LogP contribution in [0.5, 0.6) is 0 Å². The molecule has 1 N–H and O–H groups in total. The predicted octanol–water partition coefficient (Wildman–Crippen LogP) is 3.36. The van der Waals surface area contributed by atoms with Crippen LogP contribution in [0.25, 0.3) is 11.2 Å². The molecule has 3 rings (SSSR count). The van der Waals surface area contributed by atoms with E-state index in [1.807, 2.05) is 41.5 Å². The second-order valence-electron chi connectivity index (χ2n) is 8.32. The maximum atomic E-state index is 14.0. The molecule has 0 bridgehead atoms. The summed E-state index contributed by atoms with van der Waals surface area (Å²) in [5.74, 6) is 0.347. The Morgan fingerprint density at radius 2 is 2.07 bits per heavy atom. The van der Waals surface area contributed by atoms with Gasteiger partial charge in [0.15, 0.2) is 17.0 Å². The maximum absolute atomic E-state index is 14.0. The Hall–Kier alpha value is -2.45. The zero-order valence-corrected chi connectivity index (χ0v) is 16.7. The van der Waals surface area contributed by atoms with E-state index in [1.165, 1.54) is 0 Å². The van der Waals surface area contributed by atoms with Crippen molar-refractivity contribution in [3.8, 4) is 0 Å². The lowest BCUT2D eigenvalue weighted by Crippen LogP contribution is -2.39. The summed E-state index contributed by atoms with van der Waals surface area (Å²) in [5.41, 5.74) is 0.428. The molecule has 3 heterocycles. The van der Waals surface area contributed by atoms with E-state index in [2.05, 4.69) is 20.3 Å². The number of rotatable bonds is 3. The van der Waals surface area contributed by atoms with E-state index in [4.69, 9.17) is 4.74 Å². The van der Waals surface area contributed by atoms with Gasteiger partial charge in [0, 0.05) is 24.7 Å². The van der Waals surface area contributed by atoms with Crippen molar-refractivity contribution < 1.29 is 13.9 Å². The van der Waals surface area contributed by atoms with Crippen LogP contribution >= 0.6 is 0 Å². The van der Waals surface area contributed by atoms with E-state index in [0.717, 1.165) is 0 Å². The molecule has 0 radical (unpaired) electrons. The van der Waals surface area contributed by atoms with E-state index in [9.17, 15) is 9.18 Å². The zero-order valence-electron chi connectivity index (χ0n) is 16.7. The largest absolute Gasteiger partial charge is 0.444 e. The number of hydrogen-bond acceptors (Lipinski definition) is 6. The van der Waals surface area contributed by atoms with Gasteiger partial charge in [-0.25, -0.2) is 9.78 Å². The van der Waals surface area contributed by atoms with Gasteiger partial charge >= 0.3 is 12.2 Å². The quantitative estimate of drug-likeness (QED) is 0.825. The highest BCUT2D eigenvalue weighted by Gasteiger charge is 2.35. The average molecular weight is 378 g/mol. The van der Waals surface area contributed by atoms with E-state index in [-0.39, 0.29) is 24.2 Å². The Balaban J connectivity index is 1.79. The molecule has 27 heavy (non-hydrogen) atoms. The molecule has 8 nitrogen and oxygen atoms in total. The molecule has 1 amide bonds. The summed E-state index contributed by atoms with van der Waals surface area (Å²) in [6, 6.07) is 0.0354. The highest BCUT2D eigenvalue weighted by molar-refractivity contribution is 5.83. The number of carbonyl (C=O) groups is 1. The maximum Gasteiger partial charge on any atom is 0.410 e. The first-order valence-electron chi connectivity index (χ1n) is 9.21. The SMILES string of the molecule is CC(C)n1cnc2c(N[C@H]3C[C@H](C)N(C(=O)OC(C)(C)C)C3)nc(F)nc21. The zero-order chi connectivity index (χ0) is 19.9. The highest BCUT2D eigenvalue weighted by Crippen LogP contribution is 2.26. The number of ether oxygens (including phenoxy) is 1. The van der Waals surface area contributed by atoms with Gasteiger partial charge in [0.2, 0.25) is 0 Å². The van der Waals surface area contributed by atoms with Gasteiger partial charge in [0.25, 0.3) is 0 Å². The van der Waals surface area contributed by atoms with Crippen LogP contribution in [-0.4, -0.2) is 54.7 Å². The number of nitrogens with one attached hydrogen (secondary N) is 1. The van der Waals surface area contributed by atoms with Crippen molar-refractivity contribution in [3.63, 3.8) is 0 Å². The molecule has 0 saturated carbocycles. The monoisotopic (exact) mass is 378 g/mol. The molecule has 1 saturated heterocycles. The molecule has 0 spiro atoms. The summed E-state index contributed by atoms with van der Waals surface area (Å²) >= 11 is 0. The van der Waals surface area contributed by atoms with Gasteiger partial charge in [0.1, 0.15) is 5.60 Å². The number of fused-ring (bicyclic) bond motifs is 1. The lowest BCUT2D eigenvalue weighted by molar-refractivity contribution is 0.0238. The third-order valence-electron chi connectivity index (χ3n) is 4.49. The van der Waals surface area contributed by atoms with Crippen molar-refractivity contribution in [1.29, 1.82) is 0 Å². The smallest absolute Gasteiger partial charge is 0.410 e. The fraction of sp³-hybridized carbons (Fsp3) is 0.667. The number of hydrogen-bond donors (Lipinski definition) is 1. The number of carbonyl (C=O) groups excluding carboxylic acids is 1. The van der Waals surface area contributed by atoms with Crippen molar-refractivity contribution in [3.05, 3.63) is 12.4 Å². The van der Waals surface area contributed by atoms with Crippen molar-refractivity contribution in [2.45, 2.75) is 71.7 Å². The van der Waals surface area contributed by atoms with Crippen LogP contribution < -0.4 is 5.32 Å². The van der Waals surface area contributed by atoms with Gasteiger partial charge in [-0.3, -0.25) is 0 Å². The van der Waals surface area contributed by atoms with E-state index in [0.29, 0.717) is 29.9 Å². The number of nitrogens with zero attached hydrogens (tertiary/aromatic N) is 5. The molecule has 148 valence electrons. The van der Waals surface area contributed by atoms with Gasteiger partial charge in [-0.1, -0.05) is 0 Å². The summed E-state index contributed by atoms with van der Waals surface area (Å²) in [4.78, 5) is 26.2. The molecule has 1 aliphatic rings. The van der Waals surface area contributed by atoms with Crippen molar-refractivity contribution in [2.75, 3.05) is 11.9 Å². The number of anilines is 1. The molecular formula is C18H27FN6O2. The molecule has 1 fully saturated rings. The van der Waals surface area contributed by atoms with Crippen molar-refractivity contribution in [2.24, 2.45) is 0 Å². The molecule has 0 unspecified atom stereocenters. The second kappa shape index (κ2) is 6.94. The lowest BCUT2D eigenvalue weighted by Gasteiger charge is -2.26. The summed E-state index contributed by atoms with van der Waals surface area (Å²) in [5, 5.41) is 3.24. The van der Waals surface area contributed by atoms with Crippen LogP contribution in [0.15, 0.2) is 6.33 Å². The number of aromatic nitrogens is 4. The number of imidazole rings is 1. The Morgan fingerprint density at radius 1 is 1.37 bits per heavy atom. The Morgan fingerprint density at radius 3 is 2.70 bits per heavy atom. The molecule has 2 aromatic rings. The van der Waals surface area contributed by atoms with E-state index in [1.54, 1.807) is 15.8 Å². The summed E-state index contributed by atoms with van der Waals surface area (Å²) in [7, 11) is 0. The first kappa shape index (κ1) is 19.3. The molecule has 2 atom stereocenters. The normalized spacial score (nSPS) is 20.5. The summed E-state index contributed by atoms with van der Waals surface area (Å²) in [6.45, 7) is 11.9. The third-order valence-corrected chi connectivity index (χ3v) is 4.49. The minimum Gasteiger partial charge on any atom is -0.444 e. The standard InChI is InChI=1S/C18H27FN6O2/c1-10(2)25-9-20-13-14(22-16(19)23-15(13)25)21-12-7-11(3)24(8-12)17(26)27-18(4,5)6/h9-12H,7-8H2,1-6H3,(H,21,22,23)/t11-,12-/m0/s1. The number of amides is 1. The molecule has 2 aromatic heterocycles. The molecule has 0 aliphatic carbocycles. The fourth-order valence-corrected chi connectivity index (χ4v) is 3.27. The van der Waals surface area contributed by atoms with Gasteiger partial charge in [-0.15, -0.1) is 0 Å². The molecule has 9 heteroatoms. The van der Waals surface area contributed by atoms with Crippen LogP contribution in [0.4, 0.5) is 15.0 Å². The number of halogens is 1. The predicted molar refractivity (Wildman–Crippen MR) is 100 cm³/mol. The summed E-state index contributed by atoms with van der Waals surface area (Å²) < 4.78 is 21.2. The molecule has 1 aliphatic heterocycles. The first-order chi connectivity index (χ1) is 12.5. The topological polar surface area (TPSA) is 85.2 Å². The van der Waals surface area contributed by atoms with Crippen LogP contribution in [0.3, 0.4) is 0 Å². The Kier molecular flexibility index (Phi) is 4.96. The van der Waals surface area contributed by atoms with Gasteiger partial charge in [0.05, 0.1) is 6.33 Å². The Bertz CT molecular complexity index is 844. The average Bonchev–Trinajstić information content (AvgIpc) is 3.09. The van der Waals surface area contributed by atoms with E-state index >= 15 is 0 Å². The number of likely N-dealkylation sites (tertiary alicyclic amines) is 1. The third kappa shape index (κ3) is 4.12. The van der Waals surface area contributed by atoms with Crippen LogP contribution in [0.2, 0.25) is 0 Å². The second-order valence-corrected chi connectivity index (χ2v) is 8.32. The van der Waals surface area contributed by atoms with Gasteiger partial charge < -0.3 is 19.5 Å². The highest BCUT2D eigenvalue weighted by atomic mass is 19.1. The van der Waals surface area contributed by atoms with E-state index < -0.39 is 11.7 Å². The van der Waals surface area contributed by atoms with Crippen molar-refractivity contribution in [1.82, 2.24) is 24.4 Å². The van der Waals surface area contributed by atoms with Gasteiger partial charge in [-0.2, -0.15) is 14.4 Å². The minimum absolute atomic E-state index is 0.00717.